The van der Waals surface area contributed by atoms with Crippen LogP contribution in [-0.2, 0) is 22.7 Å². The van der Waals surface area contributed by atoms with Crippen molar-refractivity contribution in [1.82, 2.24) is 19.3 Å². The molecule has 3 rings (SSSR count). The van der Waals surface area contributed by atoms with Crippen molar-refractivity contribution in [2.45, 2.75) is 37.5 Å². The Morgan fingerprint density at radius 1 is 1.24 bits per heavy atom. The van der Waals surface area contributed by atoms with Crippen molar-refractivity contribution in [2.75, 3.05) is 5.43 Å². The Morgan fingerprint density at radius 3 is 2.52 bits per heavy atom. The molecule has 1 unspecified atom stereocenters. The summed E-state index contributed by atoms with van der Waals surface area (Å²) in [6.45, 7) is 3.63. The molecule has 2 heterocycles. The molecule has 0 aliphatic rings. The number of sulfonamides is 1. The lowest BCUT2D eigenvalue weighted by atomic mass is 10.2. The lowest BCUT2D eigenvalue weighted by Crippen LogP contribution is -2.29. The minimum Gasteiger partial charge on any atom is -0.327 e. The molecule has 0 spiro atoms. The average Bonchev–Trinajstić information content (AvgIpc) is 3.05. The van der Waals surface area contributed by atoms with E-state index in [0.717, 1.165) is 18.3 Å². The molecular formula is C17H19F3N6O2S. The molecule has 0 saturated carbocycles. The van der Waals surface area contributed by atoms with Crippen LogP contribution in [0.1, 0.15) is 31.3 Å². The van der Waals surface area contributed by atoms with Crippen molar-refractivity contribution >= 4 is 26.9 Å². The summed E-state index contributed by atoms with van der Waals surface area (Å²) in [5.41, 5.74) is 2.13. The molecule has 3 aromatic rings. The van der Waals surface area contributed by atoms with Crippen molar-refractivity contribution in [2.24, 2.45) is 5.84 Å². The molecule has 0 fully saturated rings. The van der Waals surface area contributed by atoms with E-state index < -0.39 is 27.8 Å². The van der Waals surface area contributed by atoms with E-state index in [0.29, 0.717) is 23.7 Å². The second kappa shape index (κ2) is 7.61. The first-order valence-electron chi connectivity index (χ1n) is 8.59. The highest BCUT2D eigenvalue weighted by molar-refractivity contribution is 7.89. The molecule has 0 saturated heterocycles. The Balaban J connectivity index is 1.96. The van der Waals surface area contributed by atoms with Gasteiger partial charge in [0.25, 0.3) is 0 Å². The Labute approximate surface area is 165 Å². The first kappa shape index (κ1) is 21.0. The quantitative estimate of drug-likeness (QED) is 0.411. The van der Waals surface area contributed by atoms with Crippen LogP contribution in [0.5, 0.6) is 0 Å². The van der Waals surface area contributed by atoms with Crippen molar-refractivity contribution in [3.8, 4) is 0 Å². The minimum absolute atomic E-state index is 0.0816. The van der Waals surface area contributed by atoms with Gasteiger partial charge < -0.3 is 9.99 Å². The summed E-state index contributed by atoms with van der Waals surface area (Å²) in [5, 5.41) is 0. The number of halogens is 3. The van der Waals surface area contributed by atoms with Crippen molar-refractivity contribution < 1.29 is 21.6 Å². The molecule has 29 heavy (non-hydrogen) atoms. The largest absolute Gasteiger partial charge is 0.416 e. The summed E-state index contributed by atoms with van der Waals surface area (Å²) in [5.74, 6) is 5.81. The molecule has 1 atom stereocenters. The number of alkyl halides is 3. The van der Waals surface area contributed by atoms with E-state index in [1.165, 1.54) is 18.2 Å². The van der Waals surface area contributed by atoms with E-state index in [-0.39, 0.29) is 10.4 Å². The standard InChI is InChI=1S/C17H19F3N6O2S/c1-3-26-14-8-11(17(18,19)20)4-6-13(14)23-16(26)10(2)25-29(27,28)12-5-7-15(24-21)22-9-12/h4-10,25H,3,21H2,1-2H3,(H,22,24). The van der Waals surface area contributed by atoms with Gasteiger partial charge in [-0.2, -0.15) is 13.2 Å². The second-order valence-electron chi connectivity index (χ2n) is 6.28. The second-order valence-corrected chi connectivity index (χ2v) is 8.00. The van der Waals surface area contributed by atoms with Gasteiger partial charge in [0.1, 0.15) is 16.5 Å². The maximum Gasteiger partial charge on any atom is 0.416 e. The number of rotatable bonds is 6. The molecule has 1 aromatic carbocycles. The third-order valence-corrected chi connectivity index (χ3v) is 5.86. The van der Waals surface area contributed by atoms with Crippen LogP contribution >= 0.6 is 0 Å². The molecule has 0 aliphatic carbocycles. The number of anilines is 1. The number of benzene rings is 1. The topological polar surface area (TPSA) is 115 Å². The summed E-state index contributed by atoms with van der Waals surface area (Å²) < 4.78 is 68.4. The van der Waals surface area contributed by atoms with Gasteiger partial charge >= 0.3 is 6.18 Å². The van der Waals surface area contributed by atoms with Gasteiger partial charge in [0.2, 0.25) is 10.0 Å². The Morgan fingerprint density at radius 2 is 1.97 bits per heavy atom. The summed E-state index contributed by atoms with van der Waals surface area (Å²) in [6.07, 6.45) is -3.34. The molecule has 156 valence electrons. The van der Waals surface area contributed by atoms with Crippen molar-refractivity contribution in [3.63, 3.8) is 0 Å². The van der Waals surface area contributed by atoms with E-state index >= 15 is 0 Å². The lowest BCUT2D eigenvalue weighted by Gasteiger charge is -2.16. The Kier molecular flexibility index (Phi) is 5.52. The van der Waals surface area contributed by atoms with Gasteiger partial charge in [-0.15, -0.1) is 0 Å². The molecule has 12 heteroatoms. The normalized spacial score (nSPS) is 13.6. The number of imidazole rings is 1. The predicted octanol–water partition coefficient (Wildman–Crippen LogP) is 2.80. The number of hydrazine groups is 1. The first-order chi connectivity index (χ1) is 13.6. The summed E-state index contributed by atoms with van der Waals surface area (Å²) in [4.78, 5) is 8.12. The van der Waals surface area contributed by atoms with Gasteiger partial charge in [0, 0.05) is 12.7 Å². The average molecular weight is 428 g/mol. The SMILES string of the molecule is CCn1c(C(C)NS(=O)(=O)c2ccc(NN)nc2)nc2ccc(C(F)(F)F)cc21. The van der Waals surface area contributed by atoms with Crippen LogP contribution in [0.4, 0.5) is 19.0 Å². The summed E-state index contributed by atoms with van der Waals surface area (Å²) in [6, 6.07) is 5.17. The number of aryl methyl sites for hydroxylation is 1. The van der Waals surface area contributed by atoms with Crippen molar-refractivity contribution in [1.29, 1.82) is 0 Å². The molecule has 0 aliphatic heterocycles. The Bertz CT molecular complexity index is 1130. The van der Waals surface area contributed by atoms with Gasteiger partial charge in [-0.3, -0.25) is 0 Å². The lowest BCUT2D eigenvalue weighted by molar-refractivity contribution is -0.137. The fraction of sp³-hybridized carbons (Fsp3) is 0.294. The van der Waals surface area contributed by atoms with Gasteiger partial charge in [0.15, 0.2) is 0 Å². The monoisotopic (exact) mass is 428 g/mol. The smallest absolute Gasteiger partial charge is 0.327 e. The van der Waals surface area contributed by atoms with Crippen molar-refractivity contribution in [3.05, 3.63) is 47.9 Å². The van der Waals surface area contributed by atoms with Crippen LogP contribution in [0.15, 0.2) is 41.4 Å². The Hall–Kier alpha value is -2.70. The van der Waals surface area contributed by atoms with E-state index in [1.54, 1.807) is 18.4 Å². The fourth-order valence-corrected chi connectivity index (χ4v) is 4.10. The fourth-order valence-electron chi connectivity index (χ4n) is 2.96. The van der Waals surface area contributed by atoms with Gasteiger partial charge in [0.05, 0.1) is 22.6 Å². The zero-order valence-corrected chi connectivity index (χ0v) is 16.3. The van der Waals surface area contributed by atoms with Crippen LogP contribution < -0.4 is 16.0 Å². The molecule has 0 amide bonds. The molecule has 8 nitrogen and oxygen atoms in total. The number of nitrogens with two attached hydrogens (primary N) is 1. The number of fused-ring (bicyclic) bond motifs is 1. The maximum atomic E-state index is 13.0. The van der Waals surface area contributed by atoms with E-state index in [4.69, 9.17) is 5.84 Å². The molecule has 0 bridgehead atoms. The van der Waals surface area contributed by atoms with Gasteiger partial charge in [-0.25, -0.2) is 29.0 Å². The molecule has 2 aromatic heterocycles. The number of nitrogens with zero attached hydrogens (tertiary/aromatic N) is 3. The number of hydrogen-bond donors (Lipinski definition) is 3. The number of pyridine rings is 1. The number of aromatic nitrogens is 3. The summed E-state index contributed by atoms with van der Waals surface area (Å²) >= 11 is 0. The first-order valence-corrected chi connectivity index (χ1v) is 10.1. The van der Waals surface area contributed by atoms with Crippen LogP contribution in [0.2, 0.25) is 0 Å². The summed E-state index contributed by atoms with van der Waals surface area (Å²) in [7, 11) is -3.94. The van der Waals surface area contributed by atoms with E-state index in [1.807, 2.05) is 0 Å². The highest BCUT2D eigenvalue weighted by Gasteiger charge is 2.31. The third kappa shape index (κ3) is 4.18. The number of hydrogen-bond acceptors (Lipinski definition) is 6. The van der Waals surface area contributed by atoms with E-state index in [2.05, 4.69) is 20.1 Å². The minimum atomic E-state index is -4.48. The molecule has 0 radical (unpaired) electrons. The predicted molar refractivity (Wildman–Crippen MR) is 101 cm³/mol. The van der Waals surface area contributed by atoms with Crippen LogP contribution in [0, 0.1) is 0 Å². The maximum absolute atomic E-state index is 13.0. The molecule has 4 N–H and O–H groups in total. The highest BCUT2D eigenvalue weighted by atomic mass is 32.2. The zero-order valence-electron chi connectivity index (χ0n) is 15.5. The third-order valence-electron chi connectivity index (χ3n) is 4.34. The van der Waals surface area contributed by atoms with Crippen LogP contribution in [0.3, 0.4) is 0 Å². The van der Waals surface area contributed by atoms with Gasteiger partial charge in [-0.1, -0.05) is 0 Å². The van der Waals surface area contributed by atoms with Crippen LogP contribution in [-0.4, -0.2) is 23.0 Å². The van der Waals surface area contributed by atoms with Crippen LogP contribution in [0.25, 0.3) is 11.0 Å². The number of nitrogen functional groups attached to an aromatic ring is 1. The number of nitrogens with one attached hydrogen (secondary N) is 2. The zero-order chi connectivity index (χ0) is 21.4. The highest BCUT2D eigenvalue weighted by Crippen LogP contribution is 2.32. The van der Waals surface area contributed by atoms with Gasteiger partial charge in [-0.05, 0) is 44.2 Å². The van der Waals surface area contributed by atoms with E-state index in [9.17, 15) is 21.6 Å². The molecular weight excluding hydrogens is 409 g/mol.